The molecule has 0 aliphatic heterocycles. The molecule has 0 radical (unpaired) electrons. The summed E-state index contributed by atoms with van der Waals surface area (Å²) >= 11 is 0. The van der Waals surface area contributed by atoms with E-state index in [-0.39, 0.29) is 11.9 Å². The third kappa shape index (κ3) is 3.97. The first kappa shape index (κ1) is 13.3. The van der Waals surface area contributed by atoms with Crippen LogP contribution >= 0.6 is 0 Å². The van der Waals surface area contributed by atoms with Crippen molar-refractivity contribution in [1.29, 1.82) is 0 Å². The van der Waals surface area contributed by atoms with Gasteiger partial charge in [0, 0.05) is 19.8 Å². The average Bonchev–Trinajstić information content (AvgIpc) is 2.53. The maximum atomic E-state index is 11.7. The Labute approximate surface area is 102 Å². The number of amides is 1. The molecule has 1 aromatic rings. The Kier molecular flexibility index (Phi) is 4.37. The Morgan fingerprint density at radius 3 is 2.65 bits per heavy atom. The number of nitrogen functional groups attached to an aromatic ring is 1. The molecule has 1 rings (SSSR count). The molecule has 1 unspecified atom stereocenters. The van der Waals surface area contributed by atoms with E-state index in [1.165, 1.54) is 0 Å². The fraction of sp³-hybridized carbons (Fsp3) is 0.636. The molecule has 6 nitrogen and oxygen atoms in total. The molecule has 0 spiro atoms. The Balaban J connectivity index is 2.51. The number of anilines is 2. The van der Waals surface area contributed by atoms with E-state index in [4.69, 9.17) is 5.73 Å². The molecular formula is C11H21N5O. The van der Waals surface area contributed by atoms with Gasteiger partial charge in [-0.25, -0.2) is 0 Å². The van der Waals surface area contributed by atoms with Gasteiger partial charge in [-0.3, -0.25) is 9.48 Å². The lowest BCUT2D eigenvalue weighted by Gasteiger charge is -2.15. The van der Waals surface area contributed by atoms with Crippen LogP contribution in [-0.2, 0) is 11.8 Å². The van der Waals surface area contributed by atoms with Crippen molar-refractivity contribution in [3.63, 3.8) is 0 Å². The van der Waals surface area contributed by atoms with Crippen molar-refractivity contribution >= 4 is 17.4 Å². The van der Waals surface area contributed by atoms with Gasteiger partial charge < -0.3 is 16.4 Å². The van der Waals surface area contributed by atoms with Crippen LogP contribution in [0.25, 0.3) is 0 Å². The number of carbonyl (C=O) groups is 1. The van der Waals surface area contributed by atoms with Gasteiger partial charge in [-0.2, -0.15) is 5.10 Å². The van der Waals surface area contributed by atoms with Gasteiger partial charge in [-0.05, 0) is 12.8 Å². The molecule has 1 aromatic heterocycles. The molecule has 0 aromatic carbocycles. The first-order valence-corrected chi connectivity index (χ1v) is 5.73. The highest BCUT2D eigenvalue weighted by Gasteiger charge is 2.15. The second kappa shape index (κ2) is 5.56. The standard InChI is InChI=1S/C11H21N5O/c1-7(2)5-13-11(17)8(3)14-10-9(12)6-16(4)15-10/h6-8H,5,12H2,1-4H3,(H,13,17)(H,14,15). The van der Waals surface area contributed by atoms with Crippen molar-refractivity contribution in [2.24, 2.45) is 13.0 Å². The molecular weight excluding hydrogens is 218 g/mol. The van der Waals surface area contributed by atoms with Gasteiger partial charge in [-0.15, -0.1) is 0 Å². The maximum Gasteiger partial charge on any atom is 0.242 e. The van der Waals surface area contributed by atoms with Crippen LogP contribution in [0.3, 0.4) is 0 Å². The van der Waals surface area contributed by atoms with Crippen molar-refractivity contribution in [1.82, 2.24) is 15.1 Å². The van der Waals surface area contributed by atoms with Crippen LogP contribution in [0.5, 0.6) is 0 Å². The number of rotatable bonds is 5. The molecule has 96 valence electrons. The first-order chi connectivity index (χ1) is 7.90. The third-order valence-corrected chi connectivity index (χ3v) is 2.29. The van der Waals surface area contributed by atoms with Crippen LogP contribution < -0.4 is 16.4 Å². The molecule has 0 saturated carbocycles. The third-order valence-electron chi connectivity index (χ3n) is 2.29. The molecule has 6 heteroatoms. The average molecular weight is 239 g/mol. The van der Waals surface area contributed by atoms with E-state index in [0.29, 0.717) is 24.0 Å². The quantitative estimate of drug-likeness (QED) is 0.701. The summed E-state index contributed by atoms with van der Waals surface area (Å²) in [7, 11) is 1.78. The highest BCUT2D eigenvalue weighted by molar-refractivity contribution is 5.84. The van der Waals surface area contributed by atoms with Crippen molar-refractivity contribution in [3.8, 4) is 0 Å². The Morgan fingerprint density at radius 1 is 1.53 bits per heavy atom. The summed E-state index contributed by atoms with van der Waals surface area (Å²) in [6, 6.07) is -0.356. The second-order valence-corrected chi connectivity index (χ2v) is 4.61. The van der Waals surface area contributed by atoms with E-state index >= 15 is 0 Å². The van der Waals surface area contributed by atoms with Crippen molar-refractivity contribution in [3.05, 3.63) is 6.20 Å². The number of nitrogens with two attached hydrogens (primary N) is 1. The van der Waals surface area contributed by atoms with E-state index in [1.807, 2.05) is 0 Å². The van der Waals surface area contributed by atoms with Gasteiger partial charge in [-0.1, -0.05) is 13.8 Å². The minimum absolute atomic E-state index is 0.0521. The summed E-state index contributed by atoms with van der Waals surface area (Å²) in [5, 5.41) is 9.97. The normalized spacial score (nSPS) is 12.5. The van der Waals surface area contributed by atoms with E-state index in [0.717, 1.165) is 0 Å². The highest BCUT2D eigenvalue weighted by atomic mass is 16.2. The molecule has 1 amide bonds. The van der Waals surface area contributed by atoms with Gasteiger partial charge >= 0.3 is 0 Å². The lowest BCUT2D eigenvalue weighted by atomic mass is 10.2. The van der Waals surface area contributed by atoms with E-state index in [1.54, 1.807) is 24.9 Å². The lowest BCUT2D eigenvalue weighted by molar-refractivity contribution is -0.121. The molecule has 4 N–H and O–H groups in total. The fourth-order valence-corrected chi connectivity index (χ4v) is 1.35. The molecule has 1 atom stereocenters. The predicted octanol–water partition coefficient (Wildman–Crippen LogP) is 0.575. The van der Waals surface area contributed by atoms with Crippen molar-refractivity contribution < 1.29 is 4.79 Å². The Hall–Kier alpha value is -1.72. The van der Waals surface area contributed by atoms with Gasteiger partial charge in [0.05, 0.1) is 5.69 Å². The molecule has 1 heterocycles. The topological polar surface area (TPSA) is 85.0 Å². The van der Waals surface area contributed by atoms with E-state index in [2.05, 4.69) is 29.6 Å². The lowest BCUT2D eigenvalue weighted by Crippen LogP contribution is -2.39. The molecule has 0 aliphatic carbocycles. The summed E-state index contributed by atoms with van der Waals surface area (Å²) in [4.78, 5) is 11.7. The molecule has 0 saturated heterocycles. The van der Waals surface area contributed by atoms with Crippen LogP contribution in [0, 0.1) is 5.92 Å². The summed E-state index contributed by atoms with van der Waals surface area (Å²) < 4.78 is 1.61. The maximum absolute atomic E-state index is 11.7. The van der Waals surface area contributed by atoms with Crippen LogP contribution in [0.15, 0.2) is 6.20 Å². The van der Waals surface area contributed by atoms with Crippen molar-refractivity contribution in [2.75, 3.05) is 17.6 Å². The number of aromatic nitrogens is 2. The number of hydrogen-bond acceptors (Lipinski definition) is 4. The molecule has 0 aliphatic rings. The zero-order valence-electron chi connectivity index (χ0n) is 10.8. The van der Waals surface area contributed by atoms with Crippen LogP contribution in [0.1, 0.15) is 20.8 Å². The Bertz CT molecular complexity index is 385. The fourth-order valence-electron chi connectivity index (χ4n) is 1.35. The largest absolute Gasteiger partial charge is 0.394 e. The van der Waals surface area contributed by atoms with Gasteiger partial charge in [0.1, 0.15) is 6.04 Å². The SMILES string of the molecule is CC(C)CNC(=O)C(C)Nc1nn(C)cc1N. The first-order valence-electron chi connectivity index (χ1n) is 5.73. The number of carbonyl (C=O) groups excluding carboxylic acids is 1. The van der Waals surface area contributed by atoms with Crippen LogP contribution in [-0.4, -0.2) is 28.3 Å². The number of hydrogen-bond donors (Lipinski definition) is 3. The number of aryl methyl sites for hydroxylation is 1. The highest BCUT2D eigenvalue weighted by Crippen LogP contribution is 2.15. The number of nitrogens with one attached hydrogen (secondary N) is 2. The summed E-state index contributed by atoms with van der Waals surface area (Å²) in [5.74, 6) is 0.925. The predicted molar refractivity (Wildman–Crippen MR) is 68.6 cm³/mol. The molecule has 0 bridgehead atoms. The molecule has 17 heavy (non-hydrogen) atoms. The molecule has 0 fully saturated rings. The van der Waals surface area contributed by atoms with Gasteiger partial charge in [0.25, 0.3) is 0 Å². The minimum Gasteiger partial charge on any atom is -0.394 e. The Morgan fingerprint density at radius 2 is 2.18 bits per heavy atom. The smallest absolute Gasteiger partial charge is 0.242 e. The van der Waals surface area contributed by atoms with E-state index < -0.39 is 0 Å². The van der Waals surface area contributed by atoms with Crippen molar-refractivity contribution in [2.45, 2.75) is 26.8 Å². The summed E-state index contributed by atoms with van der Waals surface area (Å²) in [6.45, 7) is 6.55. The van der Waals surface area contributed by atoms with E-state index in [9.17, 15) is 4.79 Å². The monoisotopic (exact) mass is 239 g/mol. The minimum atomic E-state index is -0.356. The van der Waals surface area contributed by atoms with Gasteiger partial charge in [0.15, 0.2) is 5.82 Å². The zero-order valence-corrected chi connectivity index (χ0v) is 10.8. The summed E-state index contributed by atoms with van der Waals surface area (Å²) in [5.41, 5.74) is 6.27. The number of nitrogens with zero attached hydrogens (tertiary/aromatic N) is 2. The zero-order chi connectivity index (χ0) is 13.0. The van der Waals surface area contributed by atoms with Crippen LogP contribution in [0.4, 0.5) is 11.5 Å². The second-order valence-electron chi connectivity index (χ2n) is 4.61. The van der Waals surface area contributed by atoms with Gasteiger partial charge in [0.2, 0.25) is 5.91 Å². The summed E-state index contributed by atoms with van der Waals surface area (Å²) in [6.07, 6.45) is 1.70. The van der Waals surface area contributed by atoms with Crippen LogP contribution in [0.2, 0.25) is 0 Å².